The largest absolute Gasteiger partial charge is 0.348 e. The molecule has 0 aliphatic rings. The molecule has 2 aromatic rings. The van der Waals surface area contributed by atoms with Crippen molar-refractivity contribution in [2.75, 3.05) is 13.6 Å². The number of pyridine rings is 1. The van der Waals surface area contributed by atoms with E-state index in [2.05, 4.69) is 20.3 Å². The van der Waals surface area contributed by atoms with E-state index in [1.165, 1.54) is 7.05 Å². The maximum Gasteiger partial charge on any atom is 0.323 e. The van der Waals surface area contributed by atoms with Gasteiger partial charge in [0.2, 0.25) is 5.91 Å². The van der Waals surface area contributed by atoms with Gasteiger partial charge in [-0.3, -0.25) is 14.7 Å². The van der Waals surface area contributed by atoms with Crippen LogP contribution in [0.2, 0.25) is 0 Å². The number of imide groups is 1. The lowest BCUT2D eigenvalue weighted by atomic mass is 10.2. The Kier molecular flexibility index (Phi) is 5.65. The molecule has 0 atom stereocenters. The number of hydrogen-bond donors (Lipinski definition) is 2. The average Bonchev–Trinajstić information content (AvgIpc) is 3.06. The lowest BCUT2D eigenvalue weighted by Crippen LogP contribution is -2.41. The first-order valence-corrected chi connectivity index (χ1v) is 7.08. The maximum absolute atomic E-state index is 11.9. The second-order valence-corrected chi connectivity index (χ2v) is 4.83. The summed E-state index contributed by atoms with van der Waals surface area (Å²) in [7, 11) is 1.48. The molecule has 2 aromatic heterocycles. The molecule has 3 amide bonds. The quantitative estimate of drug-likeness (QED) is 0.837. The second-order valence-electron chi connectivity index (χ2n) is 4.83. The van der Waals surface area contributed by atoms with Crippen LogP contribution in [0.4, 0.5) is 4.79 Å². The van der Waals surface area contributed by atoms with Crippen LogP contribution >= 0.6 is 0 Å². The molecule has 0 bridgehead atoms. The lowest BCUT2D eigenvalue weighted by molar-refractivity contribution is -0.127. The normalized spacial score (nSPS) is 10.2. The van der Waals surface area contributed by atoms with Gasteiger partial charge in [-0.25, -0.2) is 9.78 Å². The van der Waals surface area contributed by atoms with Gasteiger partial charge in [0, 0.05) is 50.2 Å². The van der Waals surface area contributed by atoms with Gasteiger partial charge < -0.3 is 10.3 Å². The van der Waals surface area contributed by atoms with Gasteiger partial charge in [-0.1, -0.05) is 6.07 Å². The Balaban J connectivity index is 1.70. The summed E-state index contributed by atoms with van der Waals surface area (Å²) in [6, 6.07) is 5.24. The Morgan fingerprint density at radius 3 is 2.86 bits per heavy atom. The van der Waals surface area contributed by atoms with Gasteiger partial charge in [-0.2, -0.15) is 0 Å². The van der Waals surface area contributed by atoms with E-state index in [0.717, 1.165) is 16.3 Å². The van der Waals surface area contributed by atoms with Crippen molar-refractivity contribution in [2.24, 2.45) is 0 Å². The molecule has 7 heteroatoms. The summed E-state index contributed by atoms with van der Waals surface area (Å²) >= 11 is 0. The maximum atomic E-state index is 11.9. The fraction of sp³-hybridized carbons (Fsp3) is 0.333. The van der Waals surface area contributed by atoms with Gasteiger partial charge in [0.15, 0.2) is 0 Å². The number of aryl methyl sites for hydroxylation is 1. The van der Waals surface area contributed by atoms with Gasteiger partial charge in [-0.15, -0.1) is 0 Å². The van der Waals surface area contributed by atoms with Crippen LogP contribution in [0.25, 0.3) is 0 Å². The fourth-order valence-electron chi connectivity index (χ4n) is 1.91. The highest BCUT2D eigenvalue weighted by molar-refractivity contribution is 5.94. The molecule has 2 rings (SSSR count). The van der Waals surface area contributed by atoms with E-state index in [1.807, 2.05) is 18.2 Å². The number of urea groups is 1. The highest BCUT2D eigenvalue weighted by Gasteiger charge is 2.16. The number of nitrogens with one attached hydrogen (secondary N) is 2. The zero-order valence-electron chi connectivity index (χ0n) is 12.5. The Morgan fingerprint density at radius 1 is 1.32 bits per heavy atom. The highest BCUT2D eigenvalue weighted by atomic mass is 16.2. The molecule has 0 spiro atoms. The van der Waals surface area contributed by atoms with Crippen LogP contribution in [-0.4, -0.2) is 45.4 Å². The van der Waals surface area contributed by atoms with Crippen molar-refractivity contribution >= 4 is 11.9 Å². The third kappa shape index (κ3) is 4.69. The summed E-state index contributed by atoms with van der Waals surface area (Å²) in [6.07, 6.45) is 6.36. The van der Waals surface area contributed by atoms with Crippen LogP contribution < -0.4 is 5.32 Å². The molecule has 0 aliphatic heterocycles. The van der Waals surface area contributed by atoms with Crippen molar-refractivity contribution in [2.45, 2.75) is 19.3 Å². The van der Waals surface area contributed by atoms with Gasteiger partial charge in [0.05, 0.1) is 6.33 Å². The van der Waals surface area contributed by atoms with E-state index in [0.29, 0.717) is 19.4 Å². The monoisotopic (exact) mass is 301 g/mol. The molecule has 2 heterocycles. The minimum absolute atomic E-state index is 0.232. The molecule has 0 fully saturated rings. The number of nitrogens with zero attached hydrogens (tertiary/aromatic N) is 3. The van der Waals surface area contributed by atoms with Crippen LogP contribution in [-0.2, 0) is 17.6 Å². The minimum Gasteiger partial charge on any atom is -0.348 e. The number of aromatic nitrogens is 3. The molecular formula is C15H19N5O2. The molecule has 0 unspecified atom stereocenters. The van der Waals surface area contributed by atoms with E-state index in [9.17, 15) is 9.59 Å². The summed E-state index contributed by atoms with van der Waals surface area (Å²) in [5.74, 6) is -0.232. The molecule has 2 N–H and O–H groups in total. The van der Waals surface area contributed by atoms with E-state index in [4.69, 9.17) is 0 Å². The summed E-state index contributed by atoms with van der Waals surface area (Å²) in [5, 5.41) is 2.71. The third-order valence-corrected chi connectivity index (χ3v) is 3.23. The lowest BCUT2D eigenvalue weighted by Gasteiger charge is -2.16. The summed E-state index contributed by atoms with van der Waals surface area (Å²) in [6.45, 7) is 0.439. The van der Waals surface area contributed by atoms with Gasteiger partial charge in [-0.05, 0) is 18.6 Å². The number of rotatable bonds is 6. The number of amides is 3. The number of hydrogen-bond acceptors (Lipinski definition) is 4. The molecule has 0 radical (unpaired) electrons. The molecule has 0 aliphatic carbocycles. The van der Waals surface area contributed by atoms with Crippen molar-refractivity contribution < 1.29 is 9.59 Å². The van der Waals surface area contributed by atoms with E-state index in [-0.39, 0.29) is 12.3 Å². The van der Waals surface area contributed by atoms with Gasteiger partial charge >= 0.3 is 6.03 Å². The van der Waals surface area contributed by atoms with Crippen molar-refractivity contribution in [1.82, 2.24) is 25.2 Å². The van der Waals surface area contributed by atoms with Gasteiger partial charge in [0.1, 0.15) is 0 Å². The minimum atomic E-state index is -0.398. The zero-order chi connectivity index (χ0) is 15.8. The Morgan fingerprint density at radius 2 is 2.18 bits per heavy atom. The Bertz CT molecular complexity index is 598. The molecule has 0 aromatic carbocycles. The third-order valence-electron chi connectivity index (χ3n) is 3.23. The van der Waals surface area contributed by atoms with Crippen LogP contribution in [0.3, 0.4) is 0 Å². The molecule has 7 nitrogen and oxygen atoms in total. The first-order valence-electron chi connectivity index (χ1n) is 7.08. The van der Waals surface area contributed by atoms with Gasteiger partial charge in [0.25, 0.3) is 0 Å². The molecule has 0 saturated carbocycles. The van der Waals surface area contributed by atoms with Crippen LogP contribution in [0.5, 0.6) is 0 Å². The second kappa shape index (κ2) is 7.92. The highest BCUT2D eigenvalue weighted by Crippen LogP contribution is 2.00. The topological polar surface area (TPSA) is 91.0 Å². The molecule has 22 heavy (non-hydrogen) atoms. The standard InChI is InChI=1S/C15H19N5O2/c1-20(14(21)6-5-13-10-16-11-19-13)15(22)18-9-7-12-4-2-3-8-17-12/h2-4,8,10-11H,5-7,9H2,1H3,(H,16,19)(H,18,22). The molecule has 116 valence electrons. The van der Waals surface area contributed by atoms with Crippen molar-refractivity contribution in [3.8, 4) is 0 Å². The van der Waals surface area contributed by atoms with Crippen LogP contribution in [0, 0.1) is 0 Å². The number of H-pyrrole nitrogens is 1. The molecular weight excluding hydrogens is 282 g/mol. The van der Waals surface area contributed by atoms with E-state index >= 15 is 0 Å². The predicted molar refractivity (Wildman–Crippen MR) is 81.0 cm³/mol. The van der Waals surface area contributed by atoms with Crippen molar-refractivity contribution in [3.05, 3.63) is 48.3 Å². The Hall–Kier alpha value is -2.70. The first-order chi connectivity index (χ1) is 10.7. The first kappa shape index (κ1) is 15.7. The summed E-state index contributed by atoms with van der Waals surface area (Å²) < 4.78 is 0. The summed E-state index contributed by atoms with van der Waals surface area (Å²) in [5.41, 5.74) is 1.77. The zero-order valence-corrected chi connectivity index (χ0v) is 12.5. The van der Waals surface area contributed by atoms with E-state index in [1.54, 1.807) is 18.7 Å². The van der Waals surface area contributed by atoms with Crippen LogP contribution in [0.1, 0.15) is 17.8 Å². The van der Waals surface area contributed by atoms with E-state index < -0.39 is 6.03 Å². The number of carbonyl (C=O) groups excluding carboxylic acids is 2. The molecule has 0 saturated heterocycles. The Labute approximate surface area is 128 Å². The van der Waals surface area contributed by atoms with Crippen molar-refractivity contribution in [3.63, 3.8) is 0 Å². The predicted octanol–water partition coefficient (Wildman–Crippen LogP) is 1.15. The number of imidazole rings is 1. The average molecular weight is 301 g/mol. The fourth-order valence-corrected chi connectivity index (χ4v) is 1.91. The summed E-state index contributed by atoms with van der Waals surface area (Å²) in [4.78, 5) is 35.9. The number of carbonyl (C=O) groups is 2. The van der Waals surface area contributed by atoms with Crippen LogP contribution in [0.15, 0.2) is 36.9 Å². The van der Waals surface area contributed by atoms with Crippen molar-refractivity contribution in [1.29, 1.82) is 0 Å². The number of aromatic amines is 1. The SMILES string of the molecule is CN(C(=O)CCc1cnc[nH]1)C(=O)NCCc1ccccn1. The smallest absolute Gasteiger partial charge is 0.323 e.